The van der Waals surface area contributed by atoms with Crippen LogP contribution in [-0.2, 0) is 19.0 Å². The van der Waals surface area contributed by atoms with E-state index in [-0.39, 0.29) is 12.5 Å². The van der Waals surface area contributed by atoms with E-state index >= 15 is 0 Å². The highest BCUT2D eigenvalue weighted by molar-refractivity contribution is 5.76. The molecule has 1 aromatic carbocycles. The first kappa shape index (κ1) is 12.5. The maximum absolute atomic E-state index is 11.5. The number of nitro benzene ring substituents is 1. The molecule has 7 heteroatoms. The molecule has 1 unspecified atom stereocenters. The largest absolute Gasteiger partial charge is 0.467 e. The fourth-order valence-corrected chi connectivity index (χ4v) is 1.82. The van der Waals surface area contributed by atoms with Crippen molar-refractivity contribution in [1.82, 2.24) is 0 Å². The zero-order chi connectivity index (χ0) is 13.1. The highest BCUT2D eigenvalue weighted by atomic mass is 16.7. The Morgan fingerprint density at radius 2 is 2.17 bits per heavy atom. The van der Waals surface area contributed by atoms with Crippen molar-refractivity contribution in [2.24, 2.45) is 0 Å². The minimum Gasteiger partial charge on any atom is -0.467 e. The molecule has 0 spiro atoms. The minimum absolute atomic E-state index is 0.101. The Bertz CT molecular complexity index is 474. The van der Waals surface area contributed by atoms with Crippen LogP contribution in [0.15, 0.2) is 24.3 Å². The van der Waals surface area contributed by atoms with Crippen molar-refractivity contribution in [3.63, 3.8) is 0 Å². The van der Waals surface area contributed by atoms with Crippen LogP contribution in [0.5, 0.6) is 0 Å². The molecule has 0 radical (unpaired) electrons. The molecule has 7 nitrogen and oxygen atoms in total. The van der Waals surface area contributed by atoms with Gasteiger partial charge < -0.3 is 14.2 Å². The van der Waals surface area contributed by atoms with E-state index in [0.717, 1.165) is 0 Å². The average Bonchev–Trinajstić information content (AvgIpc) is 2.86. The lowest BCUT2D eigenvalue weighted by Gasteiger charge is -2.14. The Hall–Kier alpha value is -1.99. The molecule has 0 aliphatic carbocycles. The van der Waals surface area contributed by atoms with Gasteiger partial charge in [-0.2, -0.15) is 0 Å². The molecular formula is C11H11NO6. The normalized spacial score (nSPS) is 22.7. The second-order valence-electron chi connectivity index (χ2n) is 3.63. The molecule has 0 saturated carbocycles. The Kier molecular flexibility index (Phi) is 3.54. The molecule has 1 heterocycles. The highest BCUT2D eigenvalue weighted by Gasteiger charge is 2.40. The standard InChI is InChI=1S/C11H11NO6/c1-16-11(13)10-9(17-6-18-10)7-4-2-3-5-8(7)12(14)15/h2-5,9-10H,6H2,1H3/t9?,10-/m1/s1. The van der Waals surface area contributed by atoms with Crippen molar-refractivity contribution < 1.29 is 23.9 Å². The van der Waals surface area contributed by atoms with Crippen molar-refractivity contribution in [2.45, 2.75) is 12.2 Å². The molecule has 1 aliphatic heterocycles. The topological polar surface area (TPSA) is 87.9 Å². The lowest BCUT2D eigenvalue weighted by Crippen LogP contribution is -2.27. The van der Waals surface area contributed by atoms with E-state index in [1.165, 1.54) is 19.2 Å². The van der Waals surface area contributed by atoms with Gasteiger partial charge in [-0.3, -0.25) is 10.1 Å². The summed E-state index contributed by atoms with van der Waals surface area (Å²) in [5, 5.41) is 10.9. The molecule has 1 aliphatic rings. The van der Waals surface area contributed by atoms with E-state index in [1.54, 1.807) is 12.1 Å². The Balaban J connectivity index is 2.36. The van der Waals surface area contributed by atoms with Gasteiger partial charge in [-0.1, -0.05) is 12.1 Å². The third kappa shape index (κ3) is 2.18. The van der Waals surface area contributed by atoms with Crippen LogP contribution in [0, 0.1) is 10.1 Å². The third-order valence-corrected chi connectivity index (χ3v) is 2.64. The summed E-state index contributed by atoms with van der Waals surface area (Å²) in [7, 11) is 1.22. The van der Waals surface area contributed by atoms with E-state index in [4.69, 9.17) is 9.47 Å². The summed E-state index contributed by atoms with van der Waals surface area (Å²) >= 11 is 0. The zero-order valence-electron chi connectivity index (χ0n) is 9.57. The summed E-state index contributed by atoms with van der Waals surface area (Å²) in [6, 6.07) is 6.07. The monoisotopic (exact) mass is 253 g/mol. The minimum atomic E-state index is -0.976. The Morgan fingerprint density at radius 3 is 2.83 bits per heavy atom. The van der Waals surface area contributed by atoms with Crippen LogP contribution in [0.1, 0.15) is 11.7 Å². The second kappa shape index (κ2) is 5.11. The molecular weight excluding hydrogens is 242 g/mol. The molecule has 0 N–H and O–H groups in total. The van der Waals surface area contributed by atoms with Gasteiger partial charge in [0.15, 0.2) is 6.10 Å². The highest BCUT2D eigenvalue weighted by Crippen LogP contribution is 2.34. The Labute approximate surface area is 102 Å². The van der Waals surface area contributed by atoms with E-state index in [2.05, 4.69) is 4.74 Å². The average molecular weight is 253 g/mol. The van der Waals surface area contributed by atoms with Gasteiger partial charge in [0, 0.05) is 6.07 Å². The molecule has 0 amide bonds. The Morgan fingerprint density at radius 1 is 1.44 bits per heavy atom. The van der Waals surface area contributed by atoms with Crippen LogP contribution < -0.4 is 0 Å². The summed E-state index contributed by atoms with van der Waals surface area (Å²) in [5.74, 6) is -0.615. The van der Waals surface area contributed by atoms with Crippen molar-refractivity contribution in [3.05, 3.63) is 39.9 Å². The molecule has 2 atom stereocenters. The quantitative estimate of drug-likeness (QED) is 0.456. The number of benzene rings is 1. The molecule has 1 fully saturated rings. The van der Waals surface area contributed by atoms with Gasteiger partial charge in [0.25, 0.3) is 5.69 Å². The number of methoxy groups -OCH3 is 1. The maximum atomic E-state index is 11.5. The number of hydrogen-bond acceptors (Lipinski definition) is 6. The molecule has 18 heavy (non-hydrogen) atoms. The molecule has 96 valence electrons. The number of carbonyl (C=O) groups excluding carboxylic acids is 1. The first-order valence-electron chi connectivity index (χ1n) is 5.19. The predicted octanol–water partition coefficient (Wildman–Crippen LogP) is 1.18. The third-order valence-electron chi connectivity index (χ3n) is 2.64. The predicted molar refractivity (Wildman–Crippen MR) is 58.7 cm³/mol. The summed E-state index contributed by atoms with van der Waals surface area (Å²) in [6.07, 6.45) is -1.80. The van der Waals surface area contributed by atoms with Gasteiger partial charge in [0.2, 0.25) is 0 Å². The van der Waals surface area contributed by atoms with Crippen LogP contribution in [0.25, 0.3) is 0 Å². The van der Waals surface area contributed by atoms with E-state index in [1.807, 2.05) is 0 Å². The number of hydrogen-bond donors (Lipinski definition) is 0. The number of nitro groups is 1. The lowest BCUT2D eigenvalue weighted by molar-refractivity contribution is -0.386. The van der Waals surface area contributed by atoms with Crippen molar-refractivity contribution in [3.8, 4) is 0 Å². The molecule has 0 bridgehead atoms. The fraction of sp³-hybridized carbons (Fsp3) is 0.364. The number of carbonyl (C=O) groups is 1. The lowest BCUT2D eigenvalue weighted by atomic mass is 10.0. The van der Waals surface area contributed by atoms with E-state index in [9.17, 15) is 14.9 Å². The first-order valence-corrected chi connectivity index (χ1v) is 5.19. The van der Waals surface area contributed by atoms with Gasteiger partial charge in [-0.15, -0.1) is 0 Å². The summed E-state index contributed by atoms with van der Waals surface area (Å²) in [4.78, 5) is 21.9. The summed E-state index contributed by atoms with van der Waals surface area (Å²) < 4.78 is 14.9. The van der Waals surface area contributed by atoms with Crippen LogP contribution in [0.2, 0.25) is 0 Å². The molecule has 0 aromatic heterocycles. The molecule has 2 rings (SSSR count). The van der Waals surface area contributed by atoms with Gasteiger partial charge >= 0.3 is 5.97 Å². The second-order valence-corrected chi connectivity index (χ2v) is 3.63. The summed E-state index contributed by atoms with van der Waals surface area (Å²) in [6.45, 7) is -0.101. The number of esters is 1. The number of rotatable bonds is 3. The van der Waals surface area contributed by atoms with Crippen LogP contribution in [-0.4, -0.2) is 30.9 Å². The first-order chi connectivity index (χ1) is 8.65. The van der Waals surface area contributed by atoms with Gasteiger partial charge in [-0.25, -0.2) is 4.79 Å². The van der Waals surface area contributed by atoms with Crippen molar-refractivity contribution in [1.29, 1.82) is 0 Å². The number of nitrogens with zero attached hydrogens (tertiary/aromatic N) is 1. The maximum Gasteiger partial charge on any atom is 0.338 e. The summed E-state index contributed by atoms with van der Waals surface area (Å²) in [5.41, 5.74) is 0.192. The zero-order valence-corrected chi connectivity index (χ0v) is 9.57. The van der Waals surface area contributed by atoms with E-state index in [0.29, 0.717) is 5.56 Å². The van der Waals surface area contributed by atoms with E-state index < -0.39 is 23.1 Å². The van der Waals surface area contributed by atoms with Crippen LogP contribution >= 0.6 is 0 Å². The number of para-hydroxylation sites is 1. The van der Waals surface area contributed by atoms with Crippen molar-refractivity contribution >= 4 is 11.7 Å². The van der Waals surface area contributed by atoms with Gasteiger partial charge in [0.05, 0.1) is 17.6 Å². The van der Waals surface area contributed by atoms with Crippen LogP contribution in [0.3, 0.4) is 0 Å². The van der Waals surface area contributed by atoms with Gasteiger partial charge in [-0.05, 0) is 6.07 Å². The van der Waals surface area contributed by atoms with Crippen molar-refractivity contribution in [2.75, 3.05) is 13.9 Å². The smallest absolute Gasteiger partial charge is 0.338 e. The van der Waals surface area contributed by atoms with Gasteiger partial charge in [0.1, 0.15) is 12.9 Å². The SMILES string of the molecule is COC(=O)[C@@H]1OCOC1c1ccccc1[N+](=O)[O-]. The number of ether oxygens (including phenoxy) is 3. The molecule has 1 saturated heterocycles. The molecule has 1 aromatic rings. The fourth-order valence-electron chi connectivity index (χ4n) is 1.82. The van der Waals surface area contributed by atoms with Crippen LogP contribution in [0.4, 0.5) is 5.69 Å².